The Bertz CT molecular complexity index is 841. The molecule has 2 aromatic heterocycles. The number of ether oxygens (including phenoxy) is 2. The van der Waals surface area contributed by atoms with Crippen LogP contribution in [-0.2, 0) is 0 Å². The number of hydrogen-bond acceptors (Lipinski definition) is 5. The number of aromatic amines is 1. The molecule has 0 fully saturated rings. The van der Waals surface area contributed by atoms with Gasteiger partial charge in [-0.1, -0.05) is 6.07 Å². The van der Waals surface area contributed by atoms with Crippen LogP contribution in [0.5, 0.6) is 11.5 Å². The molecule has 0 saturated carbocycles. The summed E-state index contributed by atoms with van der Waals surface area (Å²) in [5, 5.41) is 1.96. The highest BCUT2D eigenvalue weighted by Gasteiger charge is 2.12. The highest BCUT2D eigenvalue weighted by atomic mass is 32.1. The predicted octanol–water partition coefficient (Wildman–Crippen LogP) is 3.18. The minimum atomic E-state index is -0.397. The van der Waals surface area contributed by atoms with Gasteiger partial charge < -0.3 is 14.5 Å². The van der Waals surface area contributed by atoms with Crippen molar-refractivity contribution in [1.82, 2.24) is 9.97 Å². The molecule has 0 amide bonds. The highest BCUT2D eigenvalue weighted by molar-refractivity contribution is 7.13. The molecule has 0 saturated heterocycles. The second-order valence-electron chi connectivity index (χ2n) is 4.53. The number of hydrogen-bond donors (Lipinski definition) is 1. The normalized spacial score (nSPS) is 10.5. The van der Waals surface area contributed by atoms with Gasteiger partial charge in [-0.05, 0) is 35.7 Å². The molecular weight excluding hydrogens is 300 g/mol. The quantitative estimate of drug-likeness (QED) is 0.803. The fourth-order valence-corrected chi connectivity index (χ4v) is 2.87. The van der Waals surface area contributed by atoms with Crippen LogP contribution < -0.4 is 15.2 Å². The van der Waals surface area contributed by atoms with Crippen LogP contribution in [0.25, 0.3) is 21.8 Å². The van der Waals surface area contributed by atoms with Gasteiger partial charge in [0.2, 0.25) is 0 Å². The van der Waals surface area contributed by atoms with Gasteiger partial charge in [-0.25, -0.2) is 4.79 Å². The van der Waals surface area contributed by atoms with Crippen LogP contribution in [0.1, 0.15) is 0 Å². The Kier molecular flexibility index (Phi) is 3.93. The SMILES string of the molecule is COc1ccc(OC)c(-c2cc(-c3cccs3)[nH]c(=O)n2)c1. The Morgan fingerprint density at radius 2 is 2.00 bits per heavy atom. The van der Waals surface area contributed by atoms with E-state index >= 15 is 0 Å². The van der Waals surface area contributed by atoms with E-state index in [9.17, 15) is 4.79 Å². The van der Waals surface area contributed by atoms with Gasteiger partial charge in [-0.2, -0.15) is 4.98 Å². The van der Waals surface area contributed by atoms with Gasteiger partial charge in [-0.3, -0.25) is 0 Å². The van der Waals surface area contributed by atoms with Gasteiger partial charge in [0.25, 0.3) is 0 Å². The maximum absolute atomic E-state index is 11.9. The molecule has 1 aromatic carbocycles. The summed E-state index contributed by atoms with van der Waals surface area (Å²) >= 11 is 1.55. The molecule has 0 spiro atoms. The number of aromatic nitrogens is 2. The lowest BCUT2D eigenvalue weighted by molar-refractivity contribution is 0.404. The Hall–Kier alpha value is -2.60. The minimum absolute atomic E-state index is 0.397. The topological polar surface area (TPSA) is 64.2 Å². The van der Waals surface area contributed by atoms with Crippen molar-refractivity contribution in [3.8, 4) is 33.3 Å². The Morgan fingerprint density at radius 1 is 1.14 bits per heavy atom. The van der Waals surface area contributed by atoms with E-state index in [0.717, 1.165) is 10.6 Å². The van der Waals surface area contributed by atoms with Gasteiger partial charge in [0.1, 0.15) is 11.5 Å². The number of thiophene rings is 1. The second kappa shape index (κ2) is 6.03. The van der Waals surface area contributed by atoms with Crippen LogP contribution >= 0.6 is 11.3 Å². The van der Waals surface area contributed by atoms with Gasteiger partial charge in [0, 0.05) is 5.56 Å². The third kappa shape index (κ3) is 2.73. The molecule has 5 nitrogen and oxygen atoms in total. The Balaban J connectivity index is 2.18. The van der Waals surface area contributed by atoms with Crippen LogP contribution in [0.2, 0.25) is 0 Å². The van der Waals surface area contributed by atoms with Crippen molar-refractivity contribution >= 4 is 11.3 Å². The minimum Gasteiger partial charge on any atom is -0.497 e. The lowest BCUT2D eigenvalue weighted by Gasteiger charge is -2.10. The molecule has 0 aliphatic rings. The zero-order valence-electron chi connectivity index (χ0n) is 12.1. The maximum atomic E-state index is 11.9. The summed E-state index contributed by atoms with van der Waals surface area (Å²) in [5.41, 5.74) is 1.59. The molecule has 0 radical (unpaired) electrons. The molecule has 0 atom stereocenters. The van der Waals surface area contributed by atoms with E-state index in [0.29, 0.717) is 22.8 Å². The van der Waals surface area contributed by atoms with Gasteiger partial charge >= 0.3 is 5.69 Å². The smallest absolute Gasteiger partial charge is 0.345 e. The van der Waals surface area contributed by atoms with E-state index in [1.807, 2.05) is 23.6 Å². The summed E-state index contributed by atoms with van der Waals surface area (Å²) in [6.07, 6.45) is 0. The summed E-state index contributed by atoms with van der Waals surface area (Å²) in [6, 6.07) is 11.1. The summed E-state index contributed by atoms with van der Waals surface area (Å²) in [5.74, 6) is 1.31. The van der Waals surface area contributed by atoms with Gasteiger partial charge in [0.05, 0.1) is 30.5 Å². The van der Waals surface area contributed by atoms with Crippen molar-refractivity contribution in [1.29, 1.82) is 0 Å². The Morgan fingerprint density at radius 3 is 2.68 bits per heavy atom. The lowest BCUT2D eigenvalue weighted by Crippen LogP contribution is -2.12. The Labute approximate surface area is 131 Å². The highest BCUT2D eigenvalue weighted by Crippen LogP contribution is 2.33. The van der Waals surface area contributed by atoms with Gasteiger partial charge in [0.15, 0.2) is 0 Å². The van der Waals surface area contributed by atoms with Crippen LogP contribution in [0.3, 0.4) is 0 Å². The molecule has 0 bridgehead atoms. The van der Waals surface area contributed by atoms with Crippen molar-refractivity contribution in [2.24, 2.45) is 0 Å². The van der Waals surface area contributed by atoms with Crippen molar-refractivity contribution in [3.05, 3.63) is 52.3 Å². The molecule has 0 aliphatic carbocycles. The summed E-state index contributed by atoms with van der Waals surface area (Å²) in [7, 11) is 3.17. The third-order valence-corrected chi connectivity index (χ3v) is 4.12. The van der Waals surface area contributed by atoms with E-state index < -0.39 is 5.69 Å². The van der Waals surface area contributed by atoms with Crippen molar-refractivity contribution in [2.75, 3.05) is 14.2 Å². The van der Waals surface area contributed by atoms with E-state index in [-0.39, 0.29) is 0 Å². The summed E-state index contributed by atoms with van der Waals surface area (Å²) in [6.45, 7) is 0. The monoisotopic (exact) mass is 314 g/mol. The first kappa shape index (κ1) is 14.3. The van der Waals surface area contributed by atoms with E-state index in [4.69, 9.17) is 9.47 Å². The number of methoxy groups -OCH3 is 2. The zero-order chi connectivity index (χ0) is 15.5. The number of nitrogens with one attached hydrogen (secondary N) is 1. The number of H-pyrrole nitrogens is 1. The largest absolute Gasteiger partial charge is 0.497 e. The number of benzene rings is 1. The van der Waals surface area contributed by atoms with Crippen molar-refractivity contribution < 1.29 is 9.47 Å². The summed E-state index contributed by atoms with van der Waals surface area (Å²) in [4.78, 5) is 19.7. The molecule has 3 rings (SSSR count). The predicted molar refractivity (Wildman–Crippen MR) is 86.7 cm³/mol. The zero-order valence-corrected chi connectivity index (χ0v) is 12.9. The van der Waals surface area contributed by atoms with E-state index in [1.165, 1.54) is 0 Å². The molecule has 1 N–H and O–H groups in total. The summed E-state index contributed by atoms with van der Waals surface area (Å²) < 4.78 is 10.6. The number of nitrogens with zero attached hydrogens (tertiary/aromatic N) is 1. The van der Waals surface area contributed by atoms with Gasteiger partial charge in [-0.15, -0.1) is 11.3 Å². The molecular formula is C16H14N2O3S. The van der Waals surface area contributed by atoms with E-state index in [2.05, 4.69) is 9.97 Å². The lowest BCUT2D eigenvalue weighted by atomic mass is 10.1. The van der Waals surface area contributed by atoms with Crippen LogP contribution in [-0.4, -0.2) is 24.2 Å². The molecule has 2 heterocycles. The van der Waals surface area contributed by atoms with E-state index in [1.54, 1.807) is 43.8 Å². The first-order valence-corrected chi connectivity index (χ1v) is 7.47. The average molecular weight is 314 g/mol. The first-order valence-electron chi connectivity index (χ1n) is 6.59. The molecule has 0 aliphatic heterocycles. The fraction of sp³-hybridized carbons (Fsp3) is 0.125. The third-order valence-electron chi connectivity index (χ3n) is 3.21. The van der Waals surface area contributed by atoms with Crippen LogP contribution in [0, 0.1) is 0 Å². The molecule has 6 heteroatoms. The maximum Gasteiger partial charge on any atom is 0.345 e. The van der Waals surface area contributed by atoms with Crippen molar-refractivity contribution in [2.45, 2.75) is 0 Å². The average Bonchev–Trinajstić information content (AvgIpc) is 3.08. The molecule has 112 valence electrons. The molecule has 0 unspecified atom stereocenters. The number of rotatable bonds is 4. The standard InChI is InChI=1S/C16H14N2O3S/c1-20-10-5-6-14(21-2)11(8-10)12-9-13(18-16(19)17-12)15-4-3-7-22-15/h3-9H,1-2H3,(H,17,18,19). The fourth-order valence-electron chi connectivity index (χ4n) is 2.17. The first-order chi connectivity index (χ1) is 10.7. The second-order valence-corrected chi connectivity index (χ2v) is 5.48. The molecule has 22 heavy (non-hydrogen) atoms. The van der Waals surface area contributed by atoms with Crippen LogP contribution in [0.4, 0.5) is 0 Å². The molecule has 3 aromatic rings. The van der Waals surface area contributed by atoms with Crippen molar-refractivity contribution in [3.63, 3.8) is 0 Å². The van der Waals surface area contributed by atoms with Crippen LogP contribution in [0.15, 0.2) is 46.6 Å².